The fourth-order valence-electron chi connectivity index (χ4n) is 2.96. The van der Waals surface area contributed by atoms with Gasteiger partial charge in [-0.2, -0.15) is 4.98 Å². The molecule has 1 saturated heterocycles. The number of aryl methyl sites for hydroxylation is 1. The Balaban J connectivity index is 1.89. The Kier molecular flexibility index (Phi) is 3.76. The van der Waals surface area contributed by atoms with Crippen molar-refractivity contribution in [2.24, 2.45) is 5.92 Å². The lowest BCUT2D eigenvalue weighted by Crippen LogP contribution is -2.40. The summed E-state index contributed by atoms with van der Waals surface area (Å²) in [4.78, 5) is 8.76. The van der Waals surface area contributed by atoms with Crippen molar-refractivity contribution in [3.05, 3.63) is 29.9 Å². The molecule has 5 heteroatoms. The molecule has 0 bridgehead atoms. The van der Waals surface area contributed by atoms with Crippen molar-refractivity contribution >= 4 is 0 Å². The minimum atomic E-state index is -0.112. The number of hydrogen-bond acceptors (Lipinski definition) is 5. The average Bonchev–Trinajstić information content (AvgIpc) is 2.99. The summed E-state index contributed by atoms with van der Waals surface area (Å²) in [7, 11) is 0. The van der Waals surface area contributed by atoms with E-state index in [1.54, 1.807) is 6.20 Å². The molecule has 1 fully saturated rings. The number of hydrogen-bond donors (Lipinski definition) is 1. The number of piperidine rings is 1. The summed E-state index contributed by atoms with van der Waals surface area (Å²) in [5.41, 5.74) is 1.93. The Labute approximate surface area is 125 Å². The predicted molar refractivity (Wildman–Crippen MR) is 80.9 cm³/mol. The third-order valence-corrected chi connectivity index (χ3v) is 4.56. The molecule has 3 heterocycles. The molecule has 0 spiro atoms. The van der Waals surface area contributed by atoms with Crippen LogP contribution in [0, 0.1) is 12.8 Å². The lowest BCUT2D eigenvalue weighted by molar-refractivity contribution is 0.196. The normalized spacial score (nSPS) is 19.7. The van der Waals surface area contributed by atoms with Gasteiger partial charge in [0.15, 0.2) is 0 Å². The van der Waals surface area contributed by atoms with E-state index in [1.807, 2.05) is 19.2 Å². The first kappa shape index (κ1) is 14.2. The van der Waals surface area contributed by atoms with Gasteiger partial charge in [0, 0.05) is 23.4 Å². The Morgan fingerprint density at radius 2 is 2.24 bits per heavy atom. The first-order valence-corrected chi connectivity index (χ1v) is 7.55. The Morgan fingerprint density at radius 3 is 2.95 bits per heavy atom. The lowest BCUT2D eigenvalue weighted by Gasteiger charge is -2.34. The van der Waals surface area contributed by atoms with Crippen molar-refractivity contribution in [2.75, 3.05) is 13.1 Å². The Morgan fingerprint density at radius 1 is 1.38 bits per heavy atom. The smallest absolute Gasteiger partial charge is 0.232 e. The standard InChI is InChI=1S/C16H22N4O/c1-11-9-18-8-6-13(11)14-19-15(21-20-14)16(2,3)12-5-4-7-17-10-12/h6,8-9,12,17H,4-5,7,10H2,1-3H3. The van der Waals surface area contributed by atoms with Crippen molar-refractivity contribution in [2.45, 2.75) is 39.0 Å². The van der Waals surface area contributed by atoms with Gasteiger partial charge in [-0.1, -0.05) is 19.0 Å². The minimum Gasteiger partial charge on any atom is -0.338 e. The van der Waals surface area contributed by atoms with Crippen molar-refractivity contribution < 1.29 is 4.52 Å². The topological polar surface area (TPSA) is 63.8 Å². The lowest BCUT2D eigenvalue weighted by atomic mass is 9.75. The van der Waals surface area contributed by atoms with Crippen LogP contribution in [-0.4, -0.2) is 28.2 Å². The van der Waals surface area contributed by atoms with Gasteiger partial charge in [-0.05, 0) is 50.4 Å². The highest BCUT2D eigenvalue weighted by molar-refractivity contribution is 5.58. The Bertz CT molecular complexity index is 614. The maximum absolute atomic E-state index is 5.58. The van der Waals surface area contributed by atoms with Crippen LogP contribution in [0.25, 0.3) is 11.4 Å². The molecule has 2 aromatic rings. The summed E-state index contributed by atoms with van der Waals surface area (Å²) in [6, 6.07) is 1.93. The molecule has 5 nitrogen and oxygen atoms in total. The van der Waals surface area contributed by atoms with Gasteiger partial charge in [-0.3, -0.25) is 4.98 Å². The van der Waals surface area contributed by atoms with E-state index >= 15 is 0 Å². The predicted octanol–water partition coefficient (Wildman–Crippen LogP) is 2.72. The van der Waals surface area contributed by atoms with Crippen molar-refractivity contribution in [1.82, 2.24) is 20.4 Å². The summed E-state index contributed by atoms with van der Waals surface area (Å²) < 4.78 is 5.58. The van der Waals surface area contributed by atoms with Gasteiger partial charge in [0.1, 0.15) is 0 Å². The molecule has 0 radical (unpaired) electrons. The molecule has 1 atom stereocenters. The van der Waals surface area contributed by atoms with Crippen LogP contribution in [0.3, 0.4) is 0 Å². The van der Waals surface area contributed by atoms with Crippen LogP contribution in [-0.2, 0) is 5.41 Å². The molecule has 2 aromatic heterocycles. The molecule has 112 valence electrons. The second-order valence-corrected chi connectivity index (χ2v) is 6.38. The highest BCUT2D eigenvalue weighted by Gasteiger charge is 2.37. The van der Waals surface area contributed by atoms with Crippen molar-refractivity contribution in [1.29, 1.82) is 0 Å². The highest BCUT2D eigenvalue weighted by atomic mass is 16.5. The summed E-state index contributed by atoms with van der Waals surface area (Å²) in [5, 5.41) is 7.63. The minimum absolute atomic E-state index is 0.112. The van der Waals surface area contributed by atoms with E-state index < -0.39 is 0 Å². The SMILES string of the molecule is Cc1cnccc1-c1noc(C(C)(C)C2CCCNC2)n1. The first-order chi connectivity index (χ1) is 10.1. The molecule has 1 N–H and O–H groups in total. The second kappa shape index (κ2) is 5.56. The zero-order chi connectivity index (χ0) is 14.9. The number of nitrogens with zero attached hydrogens (tertiary/aromatic N) is 3. The van der Waals surface area contributed by atoms with Crippen LogP contribution in [0.5, 0.6) is 0 Å². The maximum atomic E-state index is 5.58. The Hall–Kier alpha value is -1.75. The monoisotopic (exact) mass is 286 g/mol. The van der Waals surface area contributed by atoms with Gasteiger partial charge in [0.25, 0.3) is 0 Å². The molecular weight excluding hydrogens is 264 g/mol. The zero-order valence-electron chi connectivity index (χ0n) is 12.9. The average molecular weight is 286 g/mol. The zero-order valence-corrected chi connectivity index (χ0v) is 12.9. The molecule has 0 aliphatic carbocycles. The highest BCUT2D eigenvalue weighted by Crippen LogP contribution is 2.35. The summed E-state index contributed by atoms with van der Waals surface area (Å²) in [5.74, 6) is 1.90. The van der Waals surface area contributed by atoms with Crippen molar-refractivity contribution in [3.63, 3.8) is 0 Å². The molecule has 0 aromatic carbocycles. The molecule has 1 aliphatic heterocycles. The molecule has 1 aliphatic rings. The van der Waals surface area contributed by atoms with E-state index in [9.17, 15) is 0 Å². The van der Waals surface area contributed by atoms with Gasteiger partial charge in [0.2, 0.25) is 11.7 Å². The molecule has 0 amide bonds. The largest absolute Gasteiger partial charge is 0.338 e. The van der Waals surface area contributed by atoms with E-state index in [2.05, 4.69) is 34.3 Å². The molecule has 1 unspecified atom stereocenters. The molecule has 3 rings (SSSR count). The molecule has 0 saturated carbocycles. The van der Waals surface area contributed by atoms with Crippen LogP contribution in [0.4, 0.5) is 0 Å². The quantitative estimate of drug-likeness (QED) is 0.940. The maximum Gasteiger partial charge on any atom is 0.232 e. The number of pyridine rings is 1. The molecule has 21 heavy (non-hydrogen) atoms. The molecular formula is C16H22N4O. The van der Waals surface area contributed by atoms with Gasteiger partial charge >= 0.3 is 0 Å². The van der Waals surface area contributed by atoms with Gasteiger partial charge in [0.05, 0.1) is 0 Å². The third kappa shape index (κ3) is 2.70. The van der Waals surface area contributed by atoms with E-state index in [1.165, 1.54) is 12.8 Å². The van der Waals surface area contributed by atoms with Crippen LogP contribution < -0.4 is 5.32 Å². The number of aromatic nitrogens is 3. The fourth-order valence-corrected chi connectivity index (χ4v) is 2.96. The van der Waals surface area contributed by atoms with E-state index in [4.69, 9.17) is 4.52 Å². The van der Waals surface area contributed by atoms with Gasteiger partial charge in [-0.25, -0.2) is 0 Å². The first-order valence-electron chi connectivity index (χ1n) is 7.55. The summed E-state index contributed by atoms with van der Waals surface area (Å²) in [6.07, 6.45) is 5.99. The van der Waals surface area contributed by atoms with Crippen LogP contribution in [0.15, 0.2) is 23.0 Å². The third-order valence-electron chi connectivity index (χ3n) is 4.56. The number of rotatable bonds is 3. The van der Waals surface area contributed by atoms with Crippen LogP contribution >= 0.6 is 0 Å². The van der Waals surface area contributed by atoms with Crippen molar-refractivity contribution in [3.8, 4) is 11.4 Å². The second-order valence-electron chi connectivity index (χ2n) is 6.38. The fraction of sp³-hybridized carbons (Fsp3) is 0.562. The van der Waals surface area contributed by atoms with Gasteiger partial charge < -0.3 is 9.84 Å². The van der Waals surface area contributed by atoms with E-state index in [0.29, 0.717) is 11.7 Å². The van der Waals surface area contributed by atoms with Gasteiger partial charge in [-0.15, -0.1) is 0 Å². The van der Waals surface area contributed by atoms with E-state index in [0.717, 1.165) is 30.1 Å². The summed E-state index contributed by atoms with van der Waals surface area (Å²) in [6.45, 7) is 8.52. The van der Waals surface area contributed by atoms with Crippen LogP contribution in [0.2, 0.25) is 0 Å². The van der Waals surface area contributed by atoms with Crippen LogP contribution in [0.1, 0.15) is 38.1 Å². The number of nitrogens with one attached hydrogen (secondary N) is 1. The summed E-state index contributed by atoms with van der Waals surface area (Å²) >= 11 is 0. The van der Waals surface area contributed by atoms with E-state index in [-0.39, 0.29) is 5.41 Å².